The largest absolute Gasteiger partial charge is 0.490 e. The first-order valence-electron chi connectivity index (χ1n) is 11.9. The maximum absolute atomic E-state index is 10.6. The Balaban J connectivity index is 0.000000379. The summed E-state index contributed by atoms with van der Waals surface area (Å²) in [5.41, 5.74) is 3.80. The molecule has 0 radical (unpaired) electrons. The van der Waals surface area contributed by atoms with Crippen LogP contribution in [0.1, 0.15) is 23.4 Å². The molecule has 244 valence electrons. The number of carbonyl (C=O) groups is 3. The van der Waals surface area contributed by atoms with E-state index in [0.717, 1.165) is 39.1 Å². The summed E-state index contributed by atoms with van der Waals surface area (Å²) in [6.45, 7) is 4.90. The summed E-state index contributed by atoms with van der Waals surface area (Å²) in [6.07, 6.45) is -4.11. The van der Waals surface area contributed by atoms with Gasteiger partial charge in [-0.15, -0.1) is 0 Å². The number of hydrogen-bond donors (Lipinski definition) is 3. The number of carboxylic acid groups (broad SMARTS) is 3. The molecule has 0 aliphatic carbocycles. The summed E-state index contributed by atoms with van der Waals surface area (Å²) in [5, 5.41) is 21.4. The van der Waals surface area contributed by atoms with Crippen molar-refractivity contribution in [2.75, 3.05) is 6.54 Å². The molecule has 0 amide bonds. The molecule has 20 heteroatoms. The molecule has 1 aliphatic heterocycles. The standard InChI is InChI=1S/C18H21N5.3C2HF3O2/c1-2-8-21(7-1)13-17-18-14-22(9-4-10-23(18)15-20-17)12-16-5-3-6-19-11-16;3*3-2(4,5)1(6)7/h1-3,5-8,11,15H,4,9-10,12-14H2;3*(H,6,7). The highest BCUT2D eigenvalue weighted by atomic mass is 19.4. The number of imidazole rings is 1. The van der Waals surface area contributed by atoms with Gasteiger partial charge in [0, 0.05) is 51.0 Å². The van der Waals surface area contributed by atoms with Gasteiger partial charge in [-0.2, -0.15) is 39.5 Å². The van der Waals surface area contributed by atoms with E-state index in [2.05, 4.69) is 54.6 Å². The second-order valence-electron chi connectivity index (χ2n) is 8.52. The minimum atomic E-state index is -5.08. The second kappa shape index (κ2) is 16.3. The molecule has 0 atom stereocenters. The van der Waals surface area contributed by atoms with E-state index in [1.54, 1.807) is 0 Å². The monoisotopic (exact) mass is 649 g/mol. The number of aryl methyl sites for hydroxylation is 1. The maximum atomic E-state index is 10.6. The van der Waals surface area contributed by atoms with Crippen LogP contribution in [0.25, 0.3) is 0 Å². The van der Waals surface area contributed by atoms with Crippen LogP contribution in [-0.2, 0) is 40.6 Å². The molecule has 0 fully saturated rings. The SMILES string of the molecule is O=C(O)C(F)(F)F.O=C(O)C(F)(F)F.O=C(O)C(F)(F)F.c1cncc(CN2CCCn3cnc(Cn4cccc4)c3C2)c1. The number of halogens is 9. The van der Waals surface area contributed by atoms with Crippen LogP contribution in [0.5, 0.6) is 0 Å². The maximum Gasteiger partial charge on any atom is 0.490 e. The average Bonchev–Trinajstić information content (AvgIpc) is 3.50. The van der Waals surface area contributed by atoms with E-state index in [0.29, 0.717) is 0 Å². The van der Waals surface area contributed by atoms with E-state index >= 15 is 0 Å². The van der Waals surface area contributed by atoms with Gasteiger partial charge in [-0.05, 0) is 30.2 Å². The van der Waals surface area contributed by atoms with Gasteiger partial charge >= 0.3 is 36.4 Å². The quantitative estimate of drug-likeness (QED) is 0.349. The molecule has 0 unspecified atom stereocenters. The predicted octanol–water partition coefficient (Wildman–Crippen LogP) is 4.43. The van der Waals surface area contributed by atoms with Crippen molar-refractivity contribution in [1.82, 2.24) is 24.0 Å². The molecule has 3 aromatic rings. The van der Waals surface area contributed by atoms with Gasteiger partial charge in [-0.25, -0.2) is 19.4 Å². The zero-order valence-corrected chi connectivity index (χ0v) is 22.1. The van der Waals surface area contributed by atoms with Crippen LogP contribution in [-0.4, -0.2) is 82.3 Å². The lowest BCUT2D eigenvalue weighted by Crippen LogP contribution is -2.23. The minimum absolute atomic E-state index is 0.843. The Morgan fingerprint density at radius 1 is 0.773 bits per heavy atom. The first kappa shape index (κ1) is 37.4. The molecule has 11 nitrogen and oxygen atoms in total. The first-order valence-corrected chi connectivity index (χ1v) is 11.9. The van der Waals surface area contributed by atoms with Crippen molar-refractivity contribution < 1.29 is 69.2 Å². The lowest BCUT2D eigenvalue weighted by Gasteiger charge is -2.20. The Bertz CT molecular complexity index is 1270. The predicted molar refractivity (Wildman–Crippen MR) is 130 cm³/mol. The Morgan fingerprint density at radius 3 is 1.70 bits per heavy atom. The molecule has 0 bridgehead atoms. The third kappa shape index (κ3) is 14.0. The second-order valence-corrected chi connectivity index (χ2v) is 8.52. The van der Waals surface area contributed by atoms with E-state index < -0.39 is 36.4 Å². The molecule has 1 aliphatic rings. The van der Waals surface area contributed by atoms with Crippen molar-refractivity contribution in [3.05, 3.63) is 72.3 Å². The number of carboxylic acids is 3. The summed E-state index contributed by atoms with van der Waals surface area (Å²) < 4.78 is 99.7. The fourth-order valence-corrected chi connectivity index (χ4v) is 3.25. The number of hydrogen-bond acceptors (Lipinski definition) is 6. The van der Waals surface area contributed by atoms with E-state index in [1.165, 1.54) is 17.0 Å². The molecule has 3 N–H and O–H groups in total. The Labute approximate surface area is 241 Å². The topological polar surface area (TPSA) is 151 Å². The van der Waals surface area contributed by atoms with Crippen molar-refractivity contribution in [2.24, 2.45) is 0 Å². The zero-order chi connectivity index (χ0) is 33.7. The van der Waals surface area contributed by atoms with E-state index in [-0.39, 0.29) is 0 Å². The van der Waals surface area contributed by atoms with Crippen LogP contribution in [0, 0.1) is 0 Å². The molecular formula is C24H24F9N5O6. The van der Waals surface area contributed by atoms with Crippen LogP contribution >= 0.6 is 0 Å². The van der Waals surface area contributed by atoms with Crippen LogP contribution < -0.4 is 0 Å². The average molecular weight is 649 g/mol. The Morgan fingerprint density at radius 2 is 1.27 bits per heavy atom. The summed E-state index contributed by atoms with van der Waals surface area (Å²) >= 11 is 0. The summed E-state index contributed by atoms with van der Waals surface area (Å²) in [5.74, 6) is -8.27. The number of aliphatic carboxylic acids is 3. The van der Waals surface area contributed by atoms with Crippen LogP contribution in [0.3, 0.4) is 0 Å². The molecule has 0 spiro atoms. The van der Waals surface area contributed by atoms with Gasteiger partial charge in [0.1, 0.15) is 0 Å². The summed E-state index contributed by atoms with van der Waals surface area (Å²) in [6, 6.07) is 8.28. The smallest absolute Gasteiger partial charge is 0.475 e. The highest BCUT2D eigenvalue weighted by Gasteiger charge is 2.39. The van der Waals surface area contributed by atoms with Crippen molar-refractivity contribution in [2.45, 2.75) is 51.1 Å². The van der Waals surface area contributed by atoms with Gasteiger partial charge < -0.3 is 24.5 Å². The summed E-state index contributed by atoms with van der Waals surface area (Å²) in [4.78, 5) is 38.1. The van der Waals surface area contributed by atoms with Gasteiger partial charge in [-0.1, -0.05) is 6.07 Å². The van der Waals surface area contributed by atoms with Crippen molar-refractivity contribution >= 4 is 17.9 Å². The van der Waals surface area contributed by atoms with Gasteiger partial charge in [0.15, 0.2) is 0 Å². The fraction of sp³-hybridized carbons (Fsp3) is 0.375. The van der Waals surface area contributed by atoms with E-state index in [4.69, 9.17) is 29.7 Å². The minimum Gasteiger partial charge on any atom is -0.475 e. The number of aromatic nitrogens is 4. The lowest BCUT2D eigenvalue weighted by atomic mass is 10.2. The van der Waals surface area contributed by atoms with Crippen molar-refractivity contribution in [3.63, 3.8) is 0 Å². The molecule has 4 heterocycles. The Kier molecular flexibility index (Phi) is 13.8. The van der Waals surface area contributed by atoms with E-state index in [9.17, 15) is 39.5 Å². The lowest BCUT2D eigenvalue weighted by molar-refractivity contribution is -0.193. The number of fused-ring (bicyclic) bond motifs is 1. The van der Waals surface area contributed by atoms with Gasteiger partial charge in [-0.3, -0.25) is 9.88 Å². The molecule has 0 aromatic carbocycles. The molecule has 4 rings (SSSR count). The molecule has 3 aromatic heterocycles. The third-order valence-electron chi connectivity index (χ3n) is 5.13. The molecule has 44 heavy (non-hydrogen) atoms. The fourth-order valence-electron chi connectivity index (χ4n) is 3.25. The zero-order valence-electron chi connectivity index (χ0n) is 22.1. The van der Waals surface area contributed by atoms with Crippen LogP contribution in [0.15, 0.2) is 55.4 Å². The Hall–Kier alpha value is -4.62. The molecule has 0 saturated carbocycles. The van der Waals surface area contributed by atoms with Crippen LogP contribution in [0.2, 0.25) is 0 Å². The first-order chi connectivity index (χ1) is 20.2. The number of pyridine rings is 1. The van der Waals surface area contributed by atoms with Gasteiger partial charge in [0.2, 0.25) is 0 Å². The normalized spacial score (nSPS) is 13.4. The number of nitrogens with zero attached hydrogens (tertiary/aromatic N) is 5. The number of alkyl halides is 9. The van der Waals surface area contributed by atoms with Gasteiger partial charge in [0.25, 0.3) is 0 Å². The van der Waals surface area contributed by atoms with Gasteiger partial charge in [0.05, 0.1) is 24.3 Å². The molecular weight excluding hydrogens is 625 g/mol. The van der Waals surface area contributed by atoms with E-state index in [1.807, 2.05) is 24.8 Å². The van der Waals surface area contributed by atoms with Crippen molar-refractivity contribution in [3.8, 4) is 0 Å². The summed E-state index contributed by atoms with van der Waals surface area (Å²) in [7, 11) is 0. The third-order valence-corrected chi connectivity index (χ3v) is 5.13. The van der Waals surface area contributed by atoms with Crippen LogP contribution in [0.4, 0.5) is 39.5 Å². The van der Waals surface area contributed by atoms with Crippen molar-refractivity contribution in [1.29, 1.82) is 0 Å². The highest BCUT2D eigenvalue weighted by Crippen LogP contribution is 2.19. The molecule has 0 saturated heterocycles. The number of rotatable bonds is 4. The highest BCUT2D eigenvalue weighted by molar-refractivity contribution is 5.73.